The highest BCUT2D eigenvalue weighted by Gasteiger charge is 2.16. The van der Waals surface area contributed by atoms with Crippen molar-refractivity contribution >= 4 is 5.91 Å². The smallest absolute Gasteiger partial charge is 0.251 e. The summed E-state index contributed by atoms with van der Waals surface area (Å²) in [6, 6.07) is 16.9. The molecule has 2 aromatic carbocycles. The van der Waals surface area contributed by atoms with Gasteiger partial charge in [0, 0.05) is 31.2 Å². The molecule has 0 fully saturated rings. The van der Waals surface area contributed by atoms with Crippen LogP contribution in [-0.2, 0) is 19.5 Å². The summed E-state index contributed by atoms with van der Waals surface area (Å²) in [5.41, 5.74) is 4.91. The molecule has 3 rings (SSSR count). The van der Waals surface area contributed by atoms with E-state index >= 15 is 0 Å². The quantitative estimate of drug-likeness (QED) is 0.909. The molecule has 1 aliphatic heterocycles. The highest BCUT2D eigenvalue weighted by molar-refractivity contribution is 5.94. The molecule has 0 saturated heterocycles. The molecule has 1 N–H and O–H groups in total. The number of nitrogens with one attached hydrogen (secondary N) is 1. The van der Waals surface area contributed by atoms with Crippen LogP contribution < -0.4 is 5.32 Å². The van der Waals surface area contributed by atoms with Gasteiger partial charge in [-0.3, -0.25) is 9.69 Å². The molecule has 0 unspecified atom stereocenters. The first-order chi connectivity index (χ1) is 11.7. The fourth-order valence-electron chi connectivity index (χ4n) is 3.12. The Bertz CT molecular complexity index is 693. The minimum atomic E-state index is 0.0165. The summed E-state index contributed by atoms with van der Waals surface area (Å²) < 4.78 is 0. The normalized spacial score (nSPS) is 15.6. The van der Waals surface area contributed by atoms with Gasteiger partial charge in [-0.05, 0) is 48.6 Å². The lowest BCUT2D eigenvalue weighted by Crippen LogP contribution is -2.32. The lowest BCUT2D eigenvalue weighted by molar-refractivity contribution is 0.0939. The standard InChI is InChI=1S/C21H26N2O/c1-3-16(2)22-21(24)19-10-8-17(9-11-19)14-23-13-12-18-6-4-5-7-20(18)15-23/h4-11,16H,3,12-15H2,1-2H3,(H,22,24)/t16-/m1/s1. The van der Waals surface area contributed by atoms with Gasteiger partial charge in [-0.25, -0.2) is 0 Å². The molecule has 1 aliphatic rings. The summed E-state index contributed by atoms with van der Waals surface area (Å²) in [7, 11) is 0. The van der Waals surface area contributed by atoms with Crippen molar-refractivity contribution in [3.63, 3.8) is 0 Å². The predicted molar refractivity (Wildman–Crippen MR) is 97.9 cm³/mol. The van der Waals surface area contributed by atoms with Gasteiger partial charge in [-0.15, -0.1) is 0 Å². The summed E-state index contributed by atoms with van der Waals surface area (Å²) >= 11 is 0. The SMILES string of the molecule is CC[C@@H](C)NC(=O)c1ccc(CN2CCc3ccccc3C2)cc1. The Kier molecular flexibility index (Phi) is 5.31. The van der Waals surface area contributed by atoms with Crippen LogP contribution in [0.4, 0.5) is 0 Å². The average Bonchev–Trinajstić information content (AvgIpc) is 2.62. The fraction of sp³-hybridized carbons (Fsp3) is 0.381. The highest BCUT2D eigenvalue weighted by Crippen LogP contribution is 2.20. The molecule has 0 aromatic heterocycles. The number of carbonyl (C=O) groups is 1. The fourth-order valence-corrected chi connectivity index (χ4v) is 3.12. The monoisotopic (exact) mass is 322 g/mol. The van der Waals surface area contributed by atoms with E-state index in [1.54, 1.807) is 0 Å². The first-order valence-electron chi connectivity index (χ1n) is 8.84. The summed E-state index contributed by atoms with van der Waals surface area (Å²) in [6.45, 7) is 7.13. The van der Waals surface area contributed by atoms with Gasteiger partial charge >= 0.3 is 0 Å². The minimum absolute atomic E-state index is 0.0165. The lowest BCUT2D eigenvalue weighted by Gasteiger charge is -2.28. The van der Waals surface area contributed by atoms with Crippen molar-refractivity contribution in [2.45, 2.75) is 45.8 Å². The third-order valence-electron chi connectivity index (χ3n) is 4.82. The van der Waals surface area contributed by atoms with E-state index in [0.29, 0.717) is 0 Å². The van der Waals surface area contributed by atoms with Gasteiger partial charge in [0.2, 0.25) is 0 Å². The van der Waals surface area contributed by atoms with Gasteiger partial charge in [0.1, 0.15) is 0 Å². The van der Waals surface area contributed by atoms with Gasteiger partial charge in [-0.2, -0.15) is 0 Å². The molecule has 0 radical (unpaired) electrons. The molecule has 1 amide bonds. The van der Waals surface area contributed by atoms with Crippen molar-refractivity contribution in [2.75, 3.05) is 6.54 Å². The van der Waals surface area contributed by atoms with Crippen molar-refractivity contribution in [1.82, 2.24) is 10.2 Å². The minimum Gasteiger partial charge on any atom is -0.350 e. The van der Waals surface area contributed by atoms with Crippen molar-refractivity contribution in [3.05, 3.63) is 70.8 Å². The molecule has 1 heterocycles. The van der Waals surface area contributed by atoms with Crippen LogP contribution >= 0.6 is 0 Å². The van der Waals surface area contributed by atoms with Crippen molar-refractivity contribution in [3.8, 4) is 0 Å². The van der Waals surface area contributed by atoms with Crippen molar-refractivity contribution in [1.29, 1.82) is 0 Å². The van der Waals surface area contributed by atoms with Crippen molar-refractivity contribution in [2.24, 2.45) is 0 Å². The molecule has 2 aromatic rings. The molecule has 24 heavy (non-hydrogen) atoms. The lowest BCUT2D eigenvalue weighted by atomic mass is 9.99. The molecule has 0 bridgehead atoms. The van der Waals surface area contributed by atoms with Gasteiger partial charge in [0.15, 0.2) is 0 Å². The summed E-state index contributed by atoms with van der Waals surface area (Å²) in [6.07, 6.45) is 2.06. The molecule has 0 saturated carbocycles. The van der Waals surface area contributed by atoms with E-state index in [4.69, 9.17) is 0 Å². The second-order valence-corrected chi connectivity index (χ2v) is 6.71. The van der Waals surface area contributed by atoms with Crippen LogP contribution in [0.5, 0.6) is 0 Å². The maximum atomic E-state index is 12.1. The summed E-state index contributed by atoms with van der Waals surface area (Å²) in [4.78, 5) is 14.6. The number of hydrogen-bond donors (Lipinski definition) is 1. The van der Waals surface area contributed by atoms with Crippen LogP contribution in [0.15, 0.2) is 48.5 Å². The molecular weight excluding hydrogens is 296 g/mol. The molecule has 1 atom stereocenters. The van der Waals surface area contributed by atoms with Gasteiger partial charge in [-0.1, -0.05) is 43.3 Å². The summed E-state index contributed by atoms with van der Waals surface area (Å²) in [5, 5.41) is 3.01. The van der Waals surface area contributed by atoms with E-state index in [9.17, 15) is 4.79 Å². The molecule has 0 aliphatic carbocycles. The van der Waals surface area contributed by atoms with Crippen LogP contribution in [0, 0.1) is 0 Å². The Morgan fingerprint density at radius 3 is 2.54 bits per heavy atom. The second-order valence-electron chi connectivity index (χ2n) is 6.71. The second kappa shape index (κ2) is 7.63. The Balaban J connectivity index is 1.60. The molecule has 3 heteroatoms. The van der Waals surface area contributed by atoms with Crippen molar-refractivity contribution < 1.29 is 4.79 Å². The van der Waals surface area contributed by atoms with Gasteiger partial charge in [0.25, 0.3) is 5.91 Å². The summed E-state index contributed by atoms with van der Waals surface area (Å²) in [5.74, 6) is 0.0165. The number of carbonyl (C=O) groups excluding carboxylic acids is 1. The van der Waals surface area contributed by atoms with Crippen LogP contribution in [-0.4, -0.2) is 23.4 Å². The Labute approximate surface area is 144 Å². The zero-order valence-corrected chi connectivity index (χ0v) is 14.6. The molecule has 0 spiro atoms. The third kappa shape index (κ3) is 4.04. The van der Waals surface area contributed by atoms with E-state index in [2.05, 4.69) is 53.5 Å². The molecule has 3 nitrogen and oxygen atoms in total. The van der Waals surface area contributed by atoms with Crippen LogP contribution in [0.1, 0.15) is 47.3 Å². The van der Waals surface area contributed by atoms with E-state index in [1.165, 1.54) is 16.7 Å². The number of benzene rings is 2. The maximum absolute atomic E-state index is 12.1. The average molecular weight is 322 g/mol. The zero-order valence-electron chi connectivity index (χ0n) is 14.6. The van der Waals surface area contributed by atoms with Gasteiger partial charge in [0.05, 0.1) is 0 Å². The van der Waals surface area contributed by atoms with E-state index in [0.717, 1.165) is 38.0 Å². The first kappa shape index (κ1) is 16.7. The van der Waals surface area contributed by atoms with E-state index in [1.807, 2.05) is 19.1 Å². The predicted octanol–water partition coefficient (Wildman–Crippen LogP) is 3.77. The van der Waals surface area contributed by atoms with Crippen LogP contribution in [0.25, 0.3) is 0 Å². The number of nitrogens with zero attached hydrogens (tertiary/aromatic N) is 1. The molecular formula is C21H26N2O. The Morgan fingerprint density at radius 2 is 1.83 bits per heavy atom. The maximum Gasteiger partial charge on any atom is 0.251 e. The number of fused-ring (bicyclic) bond motifs is 1. The van der Waals surface area contributed by atoms with E-state index < -0.39 is 0 Å². The number of amides is 1. The third-order valence-corrected chi connectivity index (χ3v) is 4.82. The van der Waals surface area contributed by atoms with Crippen LogP contribution in [0.3, 0.4) is 0 Å². The molecule has 126 valence electrons. The largest absolute Gasteiger partial charge is 0.350 e. The number of hydrogen-bond acceptors (Lipinski definition) is 2. The Hall–Kier alpha value is -2.13. The van der Waals surface area contributed by atoms with Gasteiger partial charge < -0.3 is 5.32 Å². The highest BCUT2D eigenvalue weighted by atomic mass is 16.1. The van der Waals surface area contributed by atoms with Crippen LogP contribution in [0.2, 0.25) is 0 Å². The zero-order chi connectivity index (χ0) is 16.9. The van der Waals surface area contributed by atoms with E-state index in [-0.39, 0.29) is 11.9 Å². The first-order valence-corrected chi connectivity index (χ1v) is 8.84. The number of rotatable bonds is 5. The Morgan fingerprint density at radius 1 is 1.12 bits per heavy atom. The topological polar surface area (TPSA) is 32.3 Å².